The molecular formula is C20H19N3O2. The average Bonchev–Trinajstić information content (AvgIpc) is 3.11. The van der Waals surface area contributed by atoms with Gasteiger partial charge in [-0.3, -0.25) is 4.79 Å². The Labute approximate surface area is 146 Å². The molecule has 5 heteroatoms. The van der Waals surface area contributed by atoms with Gasteiger partial charge in [0.15, 0.2) is 11.4 Å². The molecule has 25 heavy (non-hydrogen) atoms. The number of anilines is 1. The molecule has 0 aliphatic rings. The van der Waals surface area contributed by atoms with E-state index in [4.69, 9.17) is 4.74 Å². The van der Waals surface area contributed by atoms with Crippen molar-refractivity contribution in [2.24, 2.45) is 0 Å². The second-order valence-corrected chi connectivity index (χ2v) is 5.37. The fourth-order valence-electron chi connectivity index (χ4n) is 2.54. The maximum Gasteiger partial charge on any atom is 0.282 e. The standard InChI is InChI=1S/C20H19N3O2/c1-3-14-22(16-10-6-4-7-11-16)20(24)19-18(25-2)15-23(21-19)17-12-8-5-9-13-17/h3-13,15H,1,14H2,2H3. The molecule has 3 aromatic rings. The molecule has 0 bridgehead atoms. The summed E-state index contributed by atoms with van der Waals surface area (Å²) in [6, 6.07) is 19.0. The Morgan fingerprint density at radius 3 is 2.40 bits per heavy atom. The van der Waals surface area contributed by atoms with E-state index in [1.807, 2.05) is 60.7 Å². The SMILES string of the molecule is C=CCN(C(=O)c1nn(-c2ccccc2)cc1OC)c1ccccc1. The molecule has 0 N–H and O–H groups in total. The van der Waals surface area contributed by atoms with Crippen molar-refractivity contribution >= 4 is 11.6 Å². The smallest absolute Gasteiger partial charge is 0.282 e. The van der Waals surface area contributed by atoms with Crippen LogP contribution in [-0.2, 0) is 0 Å². The van der Waals surface area contributed by atoms with E-state index in [9.17, 15) is 4.79 Å². The molecule has 5 nitrogen and oxygen atoms in total. The minimum absolute atomic E-state index is 0.238. The zero-order valence-electron chi connectivity index (χ0n) is 14.0. The van der Waals surface area contributed by atoms with Gasteiger partial charge in [0.05, 0.1) is 19.0 Å². The number of rotatable bonds is 6. The third-order valence-electron chi connectivity index (χ3n) is 3.75. The highest BCUT2D eigenvalue weighted by molar-refractivity contribution is 6.06. The Morgan fingerprint density at radius 1 is 1.16 bits per heavy atom. The lowest BCUT2D eigenvalue weighted by molar-refractivity contribution is 0.0981. The molecule has 0 unspecified atom stereocenters. The normalized spacial score (nSPS) is 10.3. The van der Waals surface area contributed by atoms with Crippen LogP contribution in [0.2, 0.25) is 0 Å². The van der Waals surface area contributed by atoms with Gasteiger partial charge in [-0.15, -0.1) is 6.58 Å². The fourth-order valence-corrected chi connectivity index (χ4v) is 2.54. The molecule has 1 amide bonds. The van der Waals surface area contributed by atoms with Gasteiger partial charge < -0.3 is 9.64 Å². The van der Waals surface area contributed by atoms with Crippen molar-refractivity contribution in [3.63, 3.8) is 0 Å². The fraction of sp³-hybridized carbons (Fsp3) is 0.100. The van der Waals surface area contributed by atoms with E-state index >= 15 is 0 Å². The van der Waals surface area contributed by atoms with Crippen molar-refractivity contribution < 1.29 is 9.53 Å². The molecule has 1 heterocycles. The van der Waals surface area contributed by atoms with Crippen molar-refractivity contribution in [2.75, 3.05) is 18.6 Å². The lowest BCUT2D eigenvalue weighted by atomic mass is 10.2. The van der Waals surface area contributed by atoms with Crippen LogP contribution in [0.15, 0.2) is 79.5 Å². The maximum absolute atomic E-state index is 13.1. The maximum atomic E-state index is 13.1. The molecule has 0 fully saturated rings. The Hall–Kier alpha value is -3.34. The molecule has 0 spiro atoms. The zero-order valence-corrected chi connectivity index (χ0v) is 14.0. The lowest BCUT2D eigenvalue weighted by Gasteiger charge is -2.20. The predicted molar refractivity (Wildman–Crippen MR) is 98.4 cm³/mol. The quantitative estimate of drug-likeness (QED) is 0.646. The molecular weight excluding hydrogens is 314 g/mol. The molecule has 3 rings (SSSR count). The summed E-state index contributed by atoms with van der Waals surface area (Å²) in [6.07, 6.45) is 3.39. The monoisotopic (exact) mass is 333 g/mol. The van der Waals surface area contributed by atoms with E-state index in [-0.39, 0.29) is 11.6 Å². The number of aromatic nitrogens is 2. The molecule has 2 aromatic carbocycles. The Morgan fingerprint density at radius 2 is 1.80 bits per heavy atom. The van der Waals surface area contributed by atoms with Gasteiger partial charge in [-0.25, -0.2) is 4.68 Å². The first-order chi connectivity index (χ1) is 12.2. The van der Waals surface area contributed by atoms with Crippen LogP contribution in [-0.4, -0.2) is 29.3 Å². The Balaban J connectivity index is 2.00. The number of hydrogen-bond donors (Lipinski definition) is 0. The largest absolute Gasteiger partial charge is 0.493 e. The van der Waals surface area contributed by atoms with Gasteiger partial charge in [0.2, 0.25) is 0 Å². The first-order valence-corrected chi connectivity index (χ1v) is 7.91. The molecule has 0 atom stereocenters. The number of carbonyl (C=O) groups excluding carboxylic acids is 1. The van der Waals surface area contributed by atoms with Gasteiger partial charge in [0.25, 0.3) is 5.91 Å². The van der Waals surface area contributed by atoms with Crippen LogP contribution < -0.4 is 9.64 Å². The van der Waals surface area contributed by atoms with E-state index in [0.717, 1.165) is 11.4 Å². The first-order valence-electron chi connectivity index (χ1n) is 7.91. The number of ether oxygens (including phenoxy) is 1. The topological polar surface area (TPSA) is 47.4 Å². The van der Waals surface area contributed by atoms with Crippen LogP contribution in [0.25, 0.3) is 5.69 Å². The Bertz CT molecular complexity index is 857. The second-order valence-electron chi connectivity index (χ2n) is 5.37. The summed E-state index contributed by atoms with van der Waals surface area (Å²) in [7, 11) is 1.53. The number of hydrogen-bond acceptors (Lipinski definition) is 3. The van der Waals surface area contributed by atoms with Gasteiger partial charge in [-0.2, -0.15) is 5.10 Å². The lowest BCUT2D eigenvalue weighted by Crippen LogP contribution is -2.31. The number of nitrogens with zero attached hydrogens (tertiary/aromatic N) is 3. The summed E-state index contributed by atoms with van der Waals surface area (Å²) in [5.41, 5.74) is 1.90. The summed E-state index contributed by atoms with van der Waals surface area (Å²) in [6.45, 7) is 4.13. The van der Waals surface area contributed by atoms with Crippen LogP contribution in [0, 0.1) is 0 Å². The summed E-state index contributed by atoms with van der Waals surface area (Å²) in [4.78, 5) is 14.7. The zero-order chi connectivity index (χ0) is 17.6. The van der Waals surface area contributed by atoms with Crippen molar-refractivity contribution in [1.29, 1.82) is 0 Å². The molecule has 0 saturated carbocycles. The van der Waals surface area contributed by atoms with Gasteiger partial charge in [-0.1, -0.05) is 42.5 Å². The van der Waals surface area contributed by atoms with Gasteiger partial charge >= 0.3 is 0 Å². The van der Waals surface area contributed by atoms with Crippen molar-refractivity contribution in [3.8, 4) is 11.4 Å². The molecule has 126 valence electrons. The van der Waals surface area contributed by atoms with E-state index in [1.165, 1.54) is 7.11 Å². The van der Waals surface area contributed by atoms with Crippen LogP contribution in [0.4, 0.5) is 5.69 Å². The number of para-hydroxylation sites is 2. The van der Waals surface area contributed by atoms with Crippen LogP contribution in [0.3, 0.4) is 0 Å². The minimum atomic E-state index is -0.238. The highest BCUT2D eigenvalue weighted by atomic mass is 16.5. The Kier molecular flexibility index (Phi) is 4.95. The number of benzene rings is 2. The van der Waals surface area contributed by atoms with E-state index in [1.54, 1.807) is 21.9 Å². The highest BCUT2D eigenvalue weighted by Gasteiger charge is 2.24. The molecule has 0 radical (unpaired) electrons. The summed E-state index contributed by atoms with van der Waals surface area (Å²) >= 11 is 0. The van der Waals surface area contributed by atoms with Crippen LogP contribution in [0.5, 0.6) is 5.75 Å². The third-order valence-corrected chi connectivity index (χ3v) is 3.75. The molecule has 1 aromatic heterocycles. The number of carbonyl (C=O) groups is 1. The van der Waals surface area contributed by atoms with Crippen molar-refractivity contribution in [2.45, 2.75) is 0 Å². The molecule has 0 aliphatic carbocycles. The summed E-state index contributed by atoms with van der Waals surface area (Å²) < 4.78 is 7.02. The van der Waals surface area contributed by atoms with E-state index in [2.05, 4.69) is 11.7 Å². The van der Waals surface area contributed by atoms with Gasteiger partial charge in [-0.05, 0) is 24.3 Å². The predicted octanol–water partition coefficient (Wildman–Crippen LogP) is 3.71. The highest BCUT2D eigenvalue weighted by Crippen LogP contribution is 2.24. The number of methoxy groups -OCH3 is 1. The van der Waals surface area contributed by atoms with E-state index in [0.29, 0.717) is 12.3 Å². The third kappa shape index (κ3) is 3.45. The minimum Gasteiger partial charge on any atom is -0.493 e. The molecule has 0 saturated heterocycles. The van der Waals surface area contributed by atoms with E-state index < -0.39 is 0 Å². The van der Waals surface area contributed by atoms with Gasteiger partial charge in [0, 0.05) is 12.2 Å². The van der Waals surface area contributed by atoms with Crippen LogP contribution >= 0.6 is 0 Å². The average molecular weight is 333 g/mol. The van der Waals surface area contributed by atoms with Crippen molar-refractivity contribution in [3.05, 3.63) is 85.2 Å². The number of amides is 1. The van der Waals surface area contributed by atoms with Gasteiger partial charge in [0.1, 0.15) is 0 Å². The molecule has 0 aliphatic heterocycles. The van der Waals surface area contributed by atoms with Crippen molar-refractivity contribution in [1.82, 2.24) is 9.78 Å². The first kappa shape index (κ1) is 16.5. The second kappa shape index (κ2) is 7.49. The summed E-state index contributed by atoms with van der Waals surface area (Å²) in [5.74, 6) is 0.191. The summed E-state index contributed by atoms with van der Waals surface area (Å²) in [5, 5.41) is 4.45. The van der Waals surface area contributed by atoms with Crippen LogP contribution in [0.1, 0.15) is 10.5 Å².